The smallest absolute Gasteiger partial charge is 0.254 e. The predicted octanol–water partition coefficient (Wildman–Crippen LogP) is 2.57. The summed E-state index contributed by atoms with van der Waals surface area (Å²) in [4.78, 5) is 12.2. The van der Waals surface area contributed by atoms with Crippen LogP contribution >= 0.6 is 0 Å². The first-order valence-corrected chi connectivity index (χ1v) is 9.49. The van der Waals surface area contributed by atoms with E-state index in [4.69, 9.17) is 9.47 Å². The fraction of sp³-hybridized carbons (Fsp3) is 0.278. The van der Waals surface area contributed by atoms with Gasteiger partial charge in [-0.25, -0.2) is 12.8 Å². The molecule has 2 aromatic carbocycles. The molecule has 0 saturated carbocycles. The number of nitrogens with one attached hydrogen (secondary N) is 1. The van der Waals surface area contributed by atoms with E-state index >= 15 is 0 Å². The normalized spacial score (nSPS) is 11.1. The van der Waals surface area contributed by atoms with Crippen molar-refractivity contribution in [2.45, 2.75) is 18.4 Å². The van der Waals surface area contributed by atoms with Gasteiger partial charge >= 0.3 is 0 Å². The van der Waals surface area contributed by atoms with Gasteiger partial charge in [-0.1, -0.05) is 13.0 Å². The van der Waals surface area contributed by atoms with Gasteiger partial charge in [0, 0.05) is 6.54 Å². The van der Waals surface area contributed by atoms with Gasteiger partial charge in [0.1, 0.15) is 5.82 Å². The number of sulfone groups is 1. The summed E-state index contributed by atoms with van der Waals surface area (Å²) >= 11 is 0. The molecule has 2 aromatic rings. The third-order valence-corrected chi connectivity index (χ3v) is 5.55. The first-order chi connectivity index (χ1) is 12.3. The van der Waals surface area contributed by atoms with Gasteiger partial charge in [0.25, 0.3) is 5.91 Å². The summed E-state index contributed by atoms with van der Waals surface area (Å²) in [7, 11) is -0.523. The van der Waals surface area contributed by atoms with E-state index < -0.39 is 21.6 Å². The second-order valence-electron chi connectivity index (χ2n) is 5.42. The minimum Gasteiger partial charge on any atom is -0.493 e. The molecule has 8 heteroatoms. The van der Waals surface area contributed by atoms with Gasteiger partial charge in [0.15, 0.2) is 21.3 Å². The zero-order valence-electron chi connectivity index (χ0n) is 14.7. The standard InChI is InChI=1S/C18H20FNO5S/c1-4-26(22,23)13-6-7-15(19)14(10-13)18(21)20-11-12-5-8-16(24-2)17(9-12)25-3/h5-10H,4,11H2,1-3H3,(H,20,21). The van der Waals surface area contributed by atoms with E-state index in [9.17, 15) is 17.6 Å². The van der Waals surface area contributed by atoms with Crippen LogP contribution in [-0.4, -0.2) is 34.3 Å². The number of carbonyl (C=O) groups is 1. The third-order valence-electron chi connectivity index (χ3n) is 3.82. The zero-order chi connectivity index (χ0) is 19.3. The third kappa shape index (κ3) is 4.32. The van der Waals surface area contributed by atoms with Crippen molar-refractivity contribution < 1.29 is 27.1 Å². The molecule has 0 aliphatic carbocycles. The highest BCUT2D eigenvalue weighted by atomic mass is 32.2. The molecule has 140 valence electrons. The van der Waals surface area contributed by atoms with Gasteiger partial charge in [-0.15, -0.1) is 0 Å². The Morgan fingerprint density at radius 1 is 1.08 bits per heavy atom. The Hall–Kier alpha value is -2.61. The second-order valence-corrected chi connectivity index (χ2v) is 7.70. The van der Waals surface area contributed by atoms with Crippen molar-refractivity contribution in [3.63, 3.8) is 0 Å². The Kier molecular flexibility index (Phi) is 6.20. The maximum Gasteiger partial charge on any atom is 0.254 e. The van der Waals surface area contributed by atoms with Crippen molar-refractivity contribution in [2.75, 3.05) is 20.0 Å². The Balaban J connectivity index is 2.19. The molecule has 1 amide bonds. The first kappa shape index (κ1) is 19.7. The van der Waals surface area contributed by atoms with Crippen molar-refractivity contribution in [1.82, 2.24) is 5.32 Å². The van der Waals surface area contributed by atoms with Gasteiger partial charge in [0.05, 0.1) is 30.4 Å². The molecule has 0 aliphatic heterocycles. The van der Waals surface area contributed by atoms with Crippen LogP contribution in [0.1, 0.15) is 22.8 Å². The van der Waals surface area contributed by atoms with Gasteiger partial charge in [-0.3, -0.25) is 4.79 Å². The lowest BCUT2D eigenvalue weighted by Gasteiger charge is -2.11. The first-order valence-electron chi connectivity index (χ1n) is 7.83. The largest absolute Gasteiger partial charge is 0.493 e. The highest BCUT2D eigenvalue weighted by Crippen LogP contribution is 2.27. The molecule has 26 heavy (non-hydrogen) atoms. The molecular formula is C18H20FNO5S. The summed E-state index contributed by atoms with van der Waals surface area (Å²) < 4.78 is 48.1. The summed E-state index contributed by atoms with van der Waals surface area (Å²) in [5, 5.41) is 2.57. The lowest BCUT2D eigenvalue weighted by atomic mass is 10.1. The van der Waals surface area contributed by atoms with Crippen LogP contribution in [0, 0.1) is 5.82 Å². The monoisotopic (exact) mass is 381 g/mol. The highest BCUT2D eigenvalue weighted by molar-refractivity contribution is 7.91. The minimum atomic E-state index is -3.53. The van der Waals surface area contributed by atoms with Crippen LogP contribution in [0.25, 0.3) is 0 Å². The fourth-order valence-electron chi connectivity index (χ4n) is 2.31. The van der Waals surface area contributed by atoms with Crippen LogP contribution < -0.4 is 14.8 Å². The number of hydrogen-bond donors (Lipinski definition) is 1. The molecule has 0 saturated heterocycles. The van der Waals surface area contributed by atoms with Crippen molar-refractivity contribution in [3.05, 3.63) is 53.3 Å². The van der Waals surface area contributed by atoms with Crippen LogP contribution in [0.4, 0.5) is 4.39 Å². The maximum atomic E-state index is 14.0. The Labute approximate surface area is 151 Å². The molecule has 6 nitrogen and oxygen atoms in total. The molecule has 2 rings (SSSR count). The predicted molar refractivity (Wildman–Crippen MR) is 94.8 cm³/mol. The Bertz CT molecular complexity index is 912. The van der Waals surface area contributed by atoms with Crippen LogP contribution in [0.3, 0.4) is 0 Å². The molecule has 0 heterocycles. The molecule has 0 spiro atoms. The fourth-order valence-corrected chi connectivity index (χ4v) is 3.21. The number of halogens is 1. The molecule has 0 fully saturated rings. The topological polar surface area (TPSA) is 81.7 Å². The summed E-state index contributed by atoms with van der Waals surface area (Å²) in [5.41, 5.74) is 0.397. The molecule has 0 atom stereocenters. The van der Waals surface area contributed by atoms with E-state index in [1.165, 1.54) is 21.1 Å². The van der Waals surface area contributed by atoms with E-state index in [0.29, 0.717) is 17.1 Å². The van der Waals surface area contributed by atoms with Gasteiger partial charge in [-0.2, -0.15) is 0 Å². The number of rotatable bonds is 7. The quantitative estimate of drug-likeness (QED) is 0.746. The molecular weight excluding hydrogens is 361 g/mol. The SMILES string of the molecule is CCS(=O)(=O)c1ccc(F)c(C(=O)NCc2ccc(OC)c(OC)c2)c1. The second kappa shape index (κ2) is 8.18. The van der Waals surface area contributed by atoms with E-state index in [0.717, 1.165) is 18.2 Å². The van der Waals surface area contributed by atoms with Crippen molar-refractivity contribution >= 4 is 15.7 Å². The number of methoxy groups -OCH3 is 2. The van der Waals surface area contributed by atoms with E-state index in [2.05, 4.69) is 5.32 Å². The molecule has 1 N–H and O–H groups in total. The molecule has 0 bridgehead atoms. The van der Waals surface area contributed by atoms with Crippen LogP contribution in [-0.2, 0) is 16.4 Å². The van der Waals surface area contributed by atoms with Crippen LogP contribution in [0.5, 0.6) is 11.5 Å². The van der Waals surface area contributed by atoms with Crippen LogP contribution in [0.2, 0.25) is 0 Å². The maximum absolute atomic E-state index is 14.0. The van der Waals surface area contributed by atoms with E-state index in [1.807, 2.05) is 0 Å². The molecule has 0 unspecified atom stereocenters. The zero-order valence-corrected chi connectivity index (χ0v) is 15.5. The minimum absolute atomic E-state index is 0.0855. The highest BCUT2D eigenvalue weighted by Gasteiger charge is 2.18. The summed E-state index contributed by atoms with van der Waals surface area (Å²) in [6.45, 7) is 1.60. The number of ether oxygens (including phenoxy) is 2. The Morgan fingerprint density at radius 3 is 2.38 bits per heavy atom. The summed E-state index contributed by atoms with van der Waals surface area (Å²) in [5.74, 6) is -0.575. The summed E-state index contributed by atoms with van der Waals surface area (Å²) in [6.07, 6.45) is 0. The van der Waals surface area contributed by atoms with Crippen molar-refractivity contribution in [3.8, 4) is 11.5 Å². The Morgan fingerprint density at radius 2 is 1.77 bits per heavy atom. The number of benzene rings is 2. The average Bonchev–Trinajstić information content (AvgIpc) is 2.65. The number of hydrogen-bond acceptors (Lipinski definition) is 5. The summed E-state index contributed by atoms with van der Waals surface area (Å²) in [6, 6.07) is 8.30. The van der Waals surface area contributed by atoms with Crippen molar-refractivity contribution in [1.29, 1.82) is 0 Å². The lowest BCUT2D eigenvalue weighted by Crippen LogP contribution is -2.24. The van der Waals surface area contributed by atoms with Gasteiger partial charge < -0.3 is 14.8 Å². The van der Waals surface area contributed by atoms with Crippen LogP contribution in [0.15, 0.2) is 41.3 Å². The van der Waals surface area contributed by atoms with Gasteiger partial charge in [0.2, 0.25) is 0 Å². The molecule has 0 aromatic heterocycles. The molecule has 0 radical (unpaired) electrons. The van der Waals surface area contributed by atoms with E-state index in [-0.39, 0.29) is 22.8 Å². The average molecular weight is 381 g/mol. The number of amides is 1. The molecule has 0 aliphatic rings. The van der Waals surface area contributed by atoms with Gasteiger partial charge in [-0.05, 0) is 35.9 Å². The van der Waals surface area contributed by atoms with E-state index in [1.54, 1.807) is 18.2 Å². The van der Waals surface area contributed by atoms with Crippen molar-refractivity contribution in [2.24, 2.45) is 0 Å². The number of carbonyl (C=O) groups excluding carboxylic acids is 1. The lowest BCUT2D eigenvalue weighted by molar-refractivity contribution is 0.0946.